The van der Waals surface area contributed by atoms with Crippen LogP contribution in [0.3, 0.4) is 0 Å². The molecule has 7 nitrogen and oxygen atoms in total. The summed E-state index contributed by atoms with van der Waals surface area (Å²) in [5.74, 6) is 0.538. The lowest BCUT2D eigenvalue weighted by Crippen LogP contribution is -2.29. The summed E-state index contributed by atoms with van der Waals surface area (Å²) in [5, 5.41) is 32.5. The highest BCUT2D eigenvalue weighted by molar-refractivity contribution is 6.30. The first-order valence-electron chi connectivity index (χ1n) is 6.45. The number of imidazole rings is 1. The molecule has 4 N–H and O–H groups in total. The van der Waals surface area contributed by atoms with E-state index in [1.165, 1.54) is 0 Å². The number of pyridine rings is 1. The molecule has 2 aromatic rings. The first kappa shape index (κ1) is 14.3. The average Bonchev–Trinajstić information content (AvgIpc) is 3.01. The van der Waals surface area contributed by atoms with Crippen LogP contribution in [0, 0.1) is 0 Å². The van der Waals surface area contributed by atoms with Gasteiger partial charge in [-0.3, -0.25) is 0 Å². The number of hydrogen-bond donors (Lipinski definition) is 4. The quantitative estimate of drug-likeness (QED) is 0.481. The van der Waals surface area contributed by atoms with Crippen molar-refractivity contribution in [2.24, 2.45) is 0 Å². The Balaban J connectivity index is 2.14. The lowest BCUT2D eigenvalue weighted by Gasteiger charge is -2.19. The monoisotopic (exact) mass is 310 g/mol. The average molecular weight is 311 g/mol. The van der Waals surface area contributed by atoms with Crippen molar-refractivity contribution in [2.75, 3.05) is 19.0 Å². The smallest absolute Gasteiger partial charge is 0.155 e. The van der Waals surface area contributed by atoms with E-state index >= 15 is 0 Å². The highest BCUT2D eigenvalue weighted by atomic mass is 35.5. The van der Waals surface area contributed by atoms with Crippen molar-refractivity contribution in [1.82, 2.24) is 14.5 Å². The zero-order valence-electron chi connectivity index (χ0n) is 11.2. The Kier molecular flexibility index (Phi) is 3.58. The van der Waals surface area contributed by atoms with Crippen LogP contribution < -0.4 is 5.32 Å². The van der Waals surface area contributed by atoms with Crippen LogP contribution in [0.15, 0.2) is 24.0 Å². The van der Waals surface area contributed by atoms with Gasteiger partial charge in [0.1, 0.15) is 22.9 Å². The Bertz CT molecular complexity index is 715. The molecule has 0 saturated carbocycles. The van der Waals surface area contributed by atoms with Crippen LogP contribution in [0.4, 0.5) is 5.82 Å². The predicted octanol–water partition coefficient (Wildman–Crippen LogP) is 0.322. The van der Waals surface area contributed by atoms with Crippen molar-refractivity contribution in [2.45, 2.75) is 18.2 Å². The summed E-state index contributed by atoms with van der Waals surface area (Å²) in [6.07, 6.45) is 1.07. The molecule has 8 heteroatoms. The molecule has 0 spiro atoms. The van der Waals surface area contributed by atoms with Gasteiger partial charge in [0.05, 0.1) is 24.5 Å². The maximum absolute atomic E-state index is 10.2. The number of hydrogen-bond acceptors (Lipinski definition) is 6. The summed E-state index contributed by atoms with van der Waals surface area (Å²) in [4.78, 5) is 8.42. The molecule has 3 atom stereocenters. The summed E-state index contributed by atoms with van der Waals surface area (Å²) in [5.41, 5.74) is 1.70. The van der Waals surface area contributed by atoms with Gasteiger partial charge in [0, 0.05) is 13.1 Å². The van der Waals surface area contributed by atoms with E-state index in [1.807, 2.05) is 0 Å². The topological polar surface area (TPSA) is 103 Å². The molecule has 0 aromatic carbocycles. The second-order valence-electron chi connectivity index (χ2n) is 4.89. The predicted molar refractivity (Wildman–Crippen MR) is 78.3 cm³/mol. The van der Waals surface area contributed by atoms with Crippen molar-refractivity contribution < 1.29 is 15.3 Å². The van der Waals surface area contributed by atoms with Crippen molar-refractivity contribution in [3.63, 3.8) is 0 Å². The van der Waals surface area contributed by atoms with Gasteiger partial charge in [-0.2, -0.15) is 0 Å². The molecule has 2 heterocycles. The van der Waals surface area contributed by atoms with Crippen LogP contribution in [0.2, 0.25) is 5.15 Å². The Morgan fingerprint density at radius 1 is 1.43 bits per heavy atom. The van der Waals surface area contributed by atoms with Gasteiger partial charge in [0.25, 0.3) is 0 Å². The summed E-state index contributed by atoms with van der Waals surface area (Å²) in [7, 11) is 1.72. The van der Waals surface area contributed by atoms with Crippen LogP contribution in [0.1, 0.15) is 6.04 Å². The standard InChI is InChI=1S/C13H15ClN4O3/c1-15-13-10-7(3-9(14)17-13)18(5-16-10)8-2-6(4-19)11(20)12(8)21/h2-3,5,8,11-12,19-21H,4H2,1H3,(H,15,17). The van der Waals surface area contributed by atoms with Crippen molar-refractivity contribution >= 4 is 28.5 Å². The zero-order chi connectivity index (χ0) is 15.1. The highest BCUT2D eigenvalue weighted by Crippen LogP contribution is 2.33. The van der Waals surface area contributed by atoms with Crippen LogP contribution >= 0.6 is 11.6 Å². The maximum atomic E-state index is 10.2. The van der Waals surface area contributed by atoms with Crippen molar-refractivity contribution in [3.8, 4) is 0 Å². The fourth-order valence-corrected chi connectivity index (χ4v) is 2.81. The maximum Gasteiger partial charge on any atom is 0.155 e. The van der Waals surface area contributed by atoms with Crippen LogP contribution in [0.25, 0.3) is 11.0 Å². The molecule has 112 valence electrons. The Morgan fingerprint density at radius 3 is 2.81 bits per heavy atom. The number of nitrogens with one attached hydrogen (secondary N) is 1. The minimum atomic E-state index is -1.08. The zero-order valence-corrected chi connectivity index (χ0v) is 12.0. The van der Waals surface area contributed by atoms with Crippen molar-refractivity contribution in [3.05, 3.63) is 29.2 Å². The third kappa shape index (κ3) is 2.18. The summed E-state index contributed by atoms with van der Waals surface area (Å²) >= 11 is 6.00. The SMILES string of the molecule is CNc1nc(Cl)cc2c1ncn2C1C=C(CO)C(O)C1O. The minimum absolute atomic E-state index is 0.299. The largest absolute Gasteiger partial charge is 0.392 e. The number of fused-ring (bicyclic) bond motifs is 1. The molecule has 1 aliphatic carbocycles. The second kappa shape index (κ2) is 5.27. The second-order valence-corrected chi connectivity index (χ2v) is 5.28. The molecule has 3 unspecified atom stereocenters. The molecule has 0 aliphatic heterocycles. The number of aliphatic hydroxyl groups is 3. The van der Waals surface area contributed by atoms with Gasteiger partial charge in [0.2, 0.25) is 0 Å². The van der Waals surface area contributed by atoms with E-state index in [2.05, 4.69) is 15.3 Å². The number of anilines is 1. The molecule has 0 bridgehead atoms. The highest BCUT2D eigenvalue weighted by Gasteiger charge is 2.36. The lowest BCUT2D eigenvalue weighted by molar-refractivity contribution is 0.0288. The van der Waals surface area contributed by atoms with E-state index in [1.54, 1.807) is 30.1 Å². The normalized spacial score (nSPS) is 25.4. The molecule has 0 radical (unpaired) electrons. The molecular weight excluding hydrogens is 296 g/mol. The molecule has 0 fully saturated rings. The lowest BCUT2D eigenvalue weighted by atomic mass is 10.1. The summed E-state index contributed by atoms with van der Waals surface area (Å²) in [6, 6.07) is 1.13. The number of nitrogens with zero attached hydrogens (tertiary/aromatic N) is 3. The number of rotatable bonds is 3. The van der Waals surface area contributed by atoms with E-state index in [9.17, 15) is 15.3 Å². The summed E-state index contributed by atoms with van der Waals surface area (Å²) < 4.78 is 1.71. The number of halogens is 1. The molecule has 0 saturated heterocycles. The summed E-state index contributed by atoms with van der Waals surface area (Å²) in [6.45, 7) is -0.300. The van der Waals surface area contributed by atoms with Gasteiger partial charge in [-0.25, -0.2) is 9.97 Å². The van der Waals surface area contributed by atoms with Gasteiger partial charge in [-0.05, 0) is 5.57 Å². The van der Waals surface area contributed by atoms with Gasteiger partial charge in [-0.15, -0.1) is 0 Å². The first-order chi connectivity index (χ1) is 10.1. The van der Waals surface area contributed by atoms with E-state index < -0.39 is 18.2 Å². The Labute approximate surface area is 125 Å². The van der Waals surface area contributed by atoms with E-state index in [0.29, 0.717) is 27.6 Å². The van der Waals surface area contributed by atoms with E-state index in [0.717, 1.165) is 0 Å². The van der Waals surface area contributed by atoms with Gasteiger partial charge in [-0.1, -0.05) is 17.7 Å². The fraction of sp³-hybridized carbons (Fsp3) is 0.385. The molecule has 21 heavy (non-hydrogen) atoms. The van der Waals surface area contributed by atoms with Gasteiger partial charge in [0.15, 0.2) is 5.82 Å². The molecule has 2 aromatic heterocycles. The van der Waals surface area contributed by atoms with Crippen LogP contribution in [-0.2, 0) is 0 Å². The molecular formula is C13H15ClN4O3. The number of aliphatic hydroxyl groups excluding tert-OH is 3. The minimum Gasteiger partial charge on any atom is -0.392 e. The van der Waals surface area contributed by atoms with E-state index in [4.69, 9.17) is 11.6 Å². The van der Waals surface area contributed by atoms with Crippen LogP contribution in [-0.4, -0.2) is 55.7 Å². The molecule has 3 rings (SSSR count). The van der Waals surface area contributed by atoms with Gasteiger partial charge >= 0.3 is 0 Å². The van der Waals surface area contributed by atoms with E-state index in [-0.39, 0.29) is 6.61 Å². The Morgan fingerprint density at radius 2 is 2.19 bits per heavy atom. The third-order valence-electron chi connectivity index (χ3n) is 3.71. The van der Waals surface area contributed by atoms with Gasteiger partial charge < -0.3 is 25.2 Å². The number of aromatic nitrogens is 3. The fourth-order valence-electron chi connectivity index (χ4n) is 2.63. The van der Waals surface area contributed by atoms with Crippen LogP contribution in [0.5, 0.6) is 0 Å². The third-order valence-corrected chi connectivity index (χ3v) is 3.90. The molecule has 1 aliphatic rings. The molecule has 0 amide bonds. The Hall–Kier alpha value is -1.67. The first-order valence-corrected chi connectivity index (χ1v) is 6.83. The van der Waals surface area contributed by atoms with Crippen molar-refractivity contribution in [1.29, 1.82) is 0 Å².